The summed E-state index contributed by atoms with van der Waals surface area (Å²) in [5, 5.41) is 10.8. The normalized spacial score (nSPS) is 10.2. The zero-order valence-corrected chi connectivity index (χ0v) is 11.8. The Morgan fingerprint density at radius 1 is 1.33 bits per heavy atom. The summed E-state index contributed by atoms with van der Waals surface area (Å²) < 4.78 is 23.0. The number of esters is 1. The van der Waals surface area contributed by atoms with E-state index in [1.165, 1.54) is 6.07 Å². The summed E-state index contributed by atoms with van der Waals surface area (Å²) in [7, 11) is 0. The van der Waals surface area contributed by atoms with Crippen LogP contribution < -0.4 is 4.74 Å². The number of ether oxygens (including phenoxy) is 2. The molecule has 0 unspecified atom stereocenters. The van der Waals surface area contributed by atoms with Crippen LogP contribution in [-0.4, -0.2) is 24.1 Å². The van der Waals surface area contributed by atoms with E-state index in [0.29, 0.717) is 25.9 Å². The van der Waals surface area contributed by atoms with Gasteiger partial charge in [0.05, 0.1) is 24.2 Å². The van der Waals surface area contributed by atoms with Gasteiger partial charge in [-0.2, -0.15) is 0 Å². The number of carbonyl (C=O) groups excluding carboxylic acids is 1. The molecule has 1 aromatic carbocycles. The second-order valence-corrected chi connectivity index (χ2v) is 4.33. The van der Waals surface area contributed by atoms with Crippen LogP contribution in [0, 0.1) is 15.9 Å². The van der Waals surface area contributed by atoms with Crippen molar-refractivity contribution in [3.63, 3.8) is 0 Å². The predicted octanol–water partition coefficient (Wildman–Crippen LogP) is 3.24. The van der Waals surface area contributed by atoms with Gasteiger partial charge in [0.2, 0.25) is 0 Å². The number of hydrogen-bond acceptors (Lipinski definition) is 5. The van der Waals surface area contributed by atoms with Gasteiger partial charge in [-0.25, -0.2) is 4.39 Å². The van der Waals surface area contributed by atoms with Gasteiger partial charge in [-0.3, -0.25) is 14.9 Å². The Hall–Kier alpha value is -2.18. The highest BCUT2D eigenvalue weighted by Gasteiger charge is 2.15. The van der Waals surface area contributed by atoms with Gasteiger partial charge in [-0.05, 0) is 38.3 Å². The topological polar surface area (TPSA) is 78.7 Å². The molecular formula is C14H18FNO5. The zero-order chi connectivity index (χ0) is 15.7. The van der Waals surface area contributed by atoms with Crippen LogP contribution in [0.5, 0.6) is 5.75 Å². The van der Waals surface area contributed by atoms with E-state index >= 15 is 0 Å². The first kappa shape index (κ1) is 16.9. The van der Waals surface area contributed by atoms with E-state index in [4.69, 9.17) is 9.47 Å². The Kier molecular flexibility index (Phi) is 7.14. The van der Waals surface area contributed by atoms with Gasteiger partial charge in [0.25, 0.3) is 0 Å². The lowest BCUT2D eigenvalue weighted by Gasteiger charge is -2.06. The van der Waals surface area contributed by atoms with Gasteiger partial charge in [-0.1, -0.05) is 0 Å². The van der Waals surface area contributed by atoms with Crippen LogP contribution in [0.2, 0.25) is 0 Å². The van der Waals surface area contributed by atoms with E-state index in [-0.39, 0.29) is 24.0 Å². The first-order valence-electron chi connectivity index (χ1n) is 6.77. The maximum Gasteiger partial charge on any atom is 0.313 e. The van der Waals surface area contributed by atoms with Crippen LogP contribution in [0.1, 0.15) is 32.6 Å². The highest BCUT2D eigenvalue weighted by molar-refractivity contribution is 5.69. The molecule has 0 atom stereocenters. The summed E-state index contributed by atoms with van der Waals surface area (Å²) in [4.78, 5) is 21.2. The van der Waals surface area contributed by atoms with Crippen LogP contribution in [-0.2, 0) is 9.53 Å². The van der Waals surface area contributed by atoms with Gasteiger partial charge in [0.1, 0.15) is 5.82 Å². The lowest BCUT2D eigenvalue weighted by atomic mass is 10.2. The van der Waals surface area contributed by atoms with Crippen molar-refractivity contribution >= 4 is 11.7 Å². The fraction of sp³-hybridized carbons (Fsp3) is 0.500. The third kappa shape index (κ3) is 6.20. The molecule has 0 bridgehead atoms. The van der Waals surface area contributed by atoms with Gasteiger partial charge in [0.15, 0.2) is 5.75 Å². The molecule has 0 radical (unpaired) electrons. The Morgan fingerprint density at radius 3 is 2.76 bits per heavy atom. The zero-order valence-electron chi connectivity index (χ0n) is 11.8. The largest absolute Gasteiger partial charge is 0.487 e. The van der Waals surface area contributed by atoms with Crippen molar-refractivity contribution in [2.75, 3.05) is 13.2 Å². The van der Waals surface area contributed by atoms with E-state index < -0.39 is 10.7 Å². The first-order chi connectivity index (χ1) is 10.0. The third-order valence-corrected chi connectivity index (χ3v) is 2.71. The maximum atomic E-state index is 12.9. The number of nitro groups is 1. The summed E-state index contributed by atoms with van der Waals surface area (Å²) in [6.45, 7) is 2.40. The average Bonchev–Trinajstić information content (AvgIpc) is 2.44. The Morgan fingerprint density at radius 2 is 2.10 bits per heavy atom. The smallest absolute Gasteiger partial charge is 0.313 e. The maximum absolute atomic E-state index is 12.9. The number of benzene rings is 1. The van der Waals surface area contributed by atoms with Gasteiger partial charge < -0.3 is 9.47 Å². The van der Waals surface area contributed by atoms with Crippen molar-refractivity contribution in [2.45, 2.75) is 32.6 Å². The van der Waals surface area contributed by atoms with E-state index in [1.807, 2.05) is 0 Å². The molecule has 0 fully saturated rings. The van der Waals surface area contributed by atoms with Crippen LogP contribution in [0.4, 0.5) is 10.1 Å². The molecule has 0 N–H and O–H groups in total. The van der Waals surface area contributed by atoms with Crippen LogP contribution in [0.3, 0.4) is 0 Å². The number of hydrogen-bond donors (Lipinski definition) is 0. The molecule has 21 heavy (non-hydrogen) atoms. The number of carbonyl (C=O) groups is 1. The molecule has 116 valence electrons. The number of nitro benzene ring substituents is 1. The number of halogens is 1. The SMILES string of the molecule is CCOC(=O)CCCCCOc1ccc(F)cc1[N+](=O)[O-]. The summed E-state index contributed by atoms with van der Waals surface area (Å²) in [5.74, 6) is -0.858. The summed E-state index contributed by atoms with van der Waals surface area (Å²) >= 11 is 0. The highest BCUT2D eigenvalue weighted by atomic mass is 19.1. The summed E-state index contributed by atoms with van der Waals surface area (Å²) in [6, 6.07) is 3.19. The minimum Gasteiger partial charge on any atom is -0.487 e. The van der Waals surface area contributed by atoms with Crippen molar-refractivity contribution in [1.82, 2.24) is 0 Å². The van der Waals surface area contributed by atoms with Crippen molar-refractivity contribution in [1.29, 1.82) is 0 Å². The lowest BCUT2D eigenvalue weighted by Crippen LogP contribution is -2.04. The molecule has 0 aromatic heterocycles. The molecule has 0 heterocycles. The second kappa shape index (κ2) is 8.89. The van der Waals surface area contributed by atoms with E-state index in [0.717, 1.165) is 18.6 Å². The molecule has 6 nitrogen and oxygen atoms in total. The molecule has 0 saturated carbocycles. The van der Waals surface area contributed by atoms with Gasteiger partial charge in [-0.15, -0.1) is 0 Å². The Bertz CT molecular complexity index is 492. The third-order valence-electron chi connectivity index (χ3n) is 2.71. The van der Waals surface area contributed by atoms with Crippen molar-refractivity contribution in [2.24, 2.45) is 0 Å². The van der Waals surface area contributed by atoms with Crippen molar-refractivity contribution in [3.05, 3.63) is 34.1 Å². The Labute approximate surface area is 122 Å². The molecule has 0 saturated heterocycles. The number of unbranched alkanes of at least 4 members (excludes halogenated alkanes) is 2. The summed E-state index contributed by atoms with van der Waals surface area (Å²) in [6.07, 6.45) is 2.42. The van der Waals surface area contributed by atoms with Crippen LogP contribution in [0.25, 0.3) is 0 Å². The molecule has 1 aromatic rings. The van der Waals surface area contributed by atoms with Gasteiger partial charge in [0, 0.05) is 6.42 Å². The Balaban J connectivity index is 2.30. The molecular weight excluding hydrogens is 281 g/mol. The molecule has 0 amide bonds. The van der Waals surface area contributed by atoms with Crippen molar-refractivity contribution < 1.29 is 23.6 Å². The number of nitrogens with zero attached hydrogens (tertiary/aromatic N) is 1. The minimum atomic E-state index is -0.681. The second-order valence-electron chi connectivity index (χ2n) is 4.33. The first-order valence-corrected chi connectivity index (χ1v) is 6.77. The standard InChI is InChI=1S/C14H18FNO5/c1-2-20-14(17)6-4-3-5-9-21-13-8-7-11(15)10-12(13)16(18)19/h7-8,10H,2-6,9H2,1H3. The summed E-state index contributed by atoms with van der Waals surface area (Å²) in [5.41, 5.74) is -0.387. The van der Waals surface area contributed by atoms with E-state index in [2.05, 4.69) is 0 Å². The molecule has 0 aliphatic rings. The quantitative estimate of drug-likeness (QED) is 0.303. The van der Waals surface area contributed by atoms with E-state index in [9.17, 15) is 19.3 Å². The minimum absolute atomic E-state index is 0.0480. The van der Waals surface area contributed by atoms with Crippen LogP contribution in [0.15, 0.2) is 18.2 Å². The molecule has 7 heteroatoms. The molecule has 0 aliphatic carbocycles. The van der Waals surface area contributed by atoms with Crippen LogP contribution >= 0.6 is 0 Å². The molecule has 0 spiro atoms. The van der Waals surface area contributed by atoms with Crippen molar-refractivity contribution in [3.8, 4) is 5.75 Å². The van der Waals surface area contributed by atoms with Gasteiger partial charge >= 0.3 is 11.7 Å². The molecule has 1 rings (SSSR count). The fourth-order valence-corrected chi connectivity index (χ4v) is 1.72. The highest BCUT2D eigenvalue weighted by Crippen LogP contribution is 2.27. The van der Waals surface area contributed by atoms with E-state index in [1.54, 1.807) is 6.92 Å². The number of rotatable bonds is 9. The molecule has 0 aliphatic heterocycles. The lowest BCUT2D eigenvalue weighted by molar-refractivity contribution is -0.386. The predicted molar refractivity (Wildman–Crippen MR) is 73.7 cm³/mol. The fourth-order valence-electron chi connectivity index (χ4n) is 1.72. The monoisotopic (exact) mass is 299 g/mol. The average molecular weight is 299 g/mol.